The van der Waals surface area contributed by atoms with Gasteiger partial charge in [0.25, 0.3) is 0 Å². The lowest BCUT2D eigenvalue weighted by Crippen LogP contribution is -2.07. The molecule has 0 radical (unpaired) electrons. The highest BCUT2D eigenvalue weighted by molar-refractivity contribution is 7.91. The minimum absolute atomic E-state index is 0.00532. The van der Waals surface area contributed by atoms with E-state index in [1.54, 1.807) is 6.08 Å². The van der Waals surface area contributed by atoms with Crippen LogP contribution in [0.25, 0.3) is 6.08 Å². The Kier molecular flexibility index (Phi) is 5.36. The quantitative estimate of drug-likeness (QED) is 0.812. The zero-order valence-electron chi connectivity index (χ0n) is 11.6. The second-order valence-corrected chi connectivity index (χ2v) is 6.64. The van der Waals surface area contributed by atoms with Crippen molar-refractivity contribution in [2.45, 2.75) is 0 Å². The summed E-state index contributed by atoms with van der Waals surface area (Å²) in [5, 5.41) is 0. The second kappa shape index (κ2) is 7.47. The van der Waals surface area contributed by atoms with Crippen molar-refractivity contribution in [2.75, 3.05) is 11.5 Å². The van der Waals surface area contributed by atoms with Crippen LogP contribution in [0, 0.1) is 11.8 Å². The monoisotopic (exact) mass is 296 g/mol. The predicted molar refractivity (Wildman–Crippen MR) is 87.4 cm³/mol. The summed E-state index contributed by atoms with van der Waals surface area (Å²) in [6.07, 6.45) is 3.47. The first-order valence-corrected chi connectivity index (χ1v) is 8.44. The Hall–Kier alpha value is -2.31. The molecule has 0 aliphatic carbocycles. The average Bonchev–Trinajstić information content (AvgIpc) is 2.49. The van der Waals surface area contributed by atoms with Gasteiger partial charge in [-0.05, 0) is 17.7 Å². The van der Waals surface area contributed by atoms with Crippen molar-refractivity contribution in [2.24, 2.45) is 0 Å². The van der Waals surface area contributed by atoms with Gasteiger partial charge >= 0.3 is 0 Å². The minimum Gasteiger partial charge on any atom is -0.228 e. The molecule has 0 amide bonds. The van der Waals surface area contributed by atoms with E-state index in [1.807, 2.05) is 66.7 Å². The third kappa shape index (κ3) is 5.68. The van der Waals surface area contributed by atoms with Gasteiger partial charge in [0.05, 0.1) is 5.75 Å². The van der Waals surface area contributed by atoms with Crippen LogP contribution in [0.5, 0.6) is 0 Å². The van der Waals surface area contributed by atoms with Crippen LogP contribution in [0.4, 0.5) is 0 Å². The molecule has 106 valence electrons. The molecule has 0 aliphatic heterocycles. The summed E-state index contributed by atoms with van der Waals surface area (Å²) in [6.45, 7) is 0. The normalized spacial score (nSPS) is 11.0. The molecule has 2 aromatic rings. The number of benzene rings is 2. The molecule has 0 aliphatic rings. The maximum Gasteiger partial charge on any atom is 0.165 e. The Bertz CT molecular complexity index is 749. The molecular weight excluding hydrogens is 280 g/mol. The SMILES string of the molecule is O=S(=O)(CC#Cc1ccccc1)C/C=C/c1ccccc1. The summed E-state index contributed by atoms with van der Waals surface area (Å²) < 4.78 is 23.7. The van der Waals surface area contributed by atoms with E-state index in [9.17, 15) is 8.42 Å². The molecule has 2 rings (SSSR count). The maximum atomic E-state index is 11.9. The standard InChI is InChI=1S/C18H16O2S/c19-21(20,15-7-13-17-9-3-1-4-10-17)16-8-14-18-11-5-2-6-12-18/h1-7,9-13H,15-16H2/b13-7+. The van der Waals surface area contributed by atoms with Crippen LogP contribution < -0.4 is 0 Å². The first kappa shape index (κ1) is 15.1. The van der Waals surface area contributed by atoms with Gasteiger partial charge in [-0.25, -0.2) is 8.42 Å². The highest BCUT2D eigenvalue weighted by Gasteiger charge is 2.05. The first-order valence-electron chi connectivity index (χ1n) is 6.62. The molecule has 0 unspecified atom stereocenters. The van der Waals surface area contributed by atoms with Crippen LogP contribution in [0.1, 0.15) is 11.1 Å². The van der Waals surface area contributed by atoms with E-state index in [-0.39, 0.29) is 11.5 Å². The number of hydrogen-bond donors (Lipinski definition) is 0. The van der Waals surface area contributed by atoms with E-state index in [0.29, 0.717) is 0 Å². The molecule has 0 atom stereocenters. The highest BCUT2D eigenvalue weighted by Crippen LogP contribution is 2.02. The second-order valence-electron chi connectivity index (χ2n) is 4.54. The number of rotatable bonds is 4. The predicted octanol–water partition coefficient (Wildman–Crippen LogP) is 3.17. The summed E-state index contributed by atoms with van der Waals surface area (Å²) in [7, 11) is -3.18. The highest BCUT2D eigenvalue weighted by atomic mass is 32.2. The molecule has 0 saturated heterocycles. The van der Waals surface area contributed by atoms with Crippen LogP contribution >= 0.6 is 0 Å². The Labute approximate surface area is 126 Å². The largest absolute Gasteiger partial charge is 0.228 e. The molecule has 0 fully saturated rings. The molecule has 0 spiro atoms. The molecule has 0 heterocycles. The van der Waals surface area contributed by atoms with E-state index < -0.39 is 9.84 Å². The topological polar surface area (TPSA) is 34.1 Å². The number of hydrogen-bond acceptors (Lipinski definition) is 2. The molecule has 0 N–H and O–H groups in total. The lowest BCUT2D eigenvalue weighted by molar-refractivity contribution is 0.602. The van der Waals surface area contributed by atoms with Crippen LogP contribution in [-0.4, -0.2) is 19.9 Å². The summed E-state index contributed by atoms with van der Waals surface area (Å²) in [5.41, 5.74) is 1.82. The maximum absolute atomic E-state index is 11.9. The van der Waals surface area contributed by atoms with Gasteiger partial charge in [0.2, 0.25) is 0 Å². The average molecular weight is 296 g/mol. The third-order valence-electron chi connectivity index (χ3n) is 2.76. The lowest BCUT2D eigenvalue weighted by Gasteiger charge is -1.95. The van der Waals surface area contributed by atoms with Gasteiger partial charge in [0.15, 0.2) is 9.84 Å². The van der Waals surface area contributed by atoms with Crippen molar-refractivity contribution >= 4 is 15.9 Å². The molecular formula is C18H16O2S. The van der Waals surface area contributed by atoms with Crippen LogP contribution in [0.15, 0.2) is 66.7 Å². The van der Waals surface area contributed by atoms with Gasteiger partial charge in [-0.2, -0.15) is 0 Å². The Morgan fingerprint density at radius 3 is 2.19 bits per heavy atom. The summed E-state index contributed by atoms with van der Waals surface area (Å²) in [6, 6.07) is 19.0. The van der Waals surface area contributed by atoms with Gasteiger partial charge < -0.3 is 0 Å². The fourth-order valence-electron chi connectivity index (χ4n) is 1.72. The van der Waals surface area contributed by atoms with E-state index in [2.05, 4.69) is 11.8 Å². The van der Waals surface area contributed by atoms with Gasteiger partial charge in [-0.15, -0.1) is 0 Å². The third-order valence-corrected chi connectivity index (χ3v) is 4.04. The lowest BCUT2D eigenvalue weighted by atomic mass is 10.2. The summed E-state index contributed by atoms with van der Waals surface area (Å²) in [5.74, 6) is 5.46. The summed E-state index contributed by atoms with van der Waals surface area (Å²) >= 11 is 0. The molecule has 2 nitrogen and oxygen atoms in total. The van der Waals surface area contributed by atoms with Gasteiger partial charge in [-0.3, -0.25) is 0 Å². The Balaban J connectivity index is 1.91. The summed E-state index contributed by atoms with van der Waals surface area (Å²) in [4.78, 5) is 0. The fourth-order valence-corrected chi connectivity index (χ4v) is 2.52. The smallest absolute Gasteiger partial charge is 0.165 e. The Morgan fingerprint density at radius 1 is 0.905 bits per heavy atom. The first-order chi connectivity index (χ1) is 10.2. The van der Waals surface area contributed by atoms with Crippen molar-refractivity contribution in [3.05, 3.63) is 77.9 Å². The number of sulfone groups is 1. The van der Waals surface area contributed by atoms with E-state index in [1.165, 1.54) is 0 Å². The van der Waals surface area contributed by atoms with E-state index >= 15 is 0 Å². The van der Waals surface area contributed by atoms with Crippen LogP contribution in [-0.2, 0) is 9.84 Å². The van der Waals surface area contributed by atoms with Crippen molar-refractivity contribution in [3.63, 3.8) is 0 Å². The molecule has 3 heteroatoms. The van der Waals surface area contributed by atoms with Crippen molar-refractivity contribution in [3.8, 4) is 11.8 Å². The zero-order valence-corrected chi connectivity index (χ0v) is 12.4. The molecule has 0 saturated carbocycles. The molecule has 0 aromatic heterocycles. The van der Waals surface area contributed by atoms with Crippen molar-refractivity contribution < 1.29 is 8.42 Å². The van der Waals surface area contributed by atoms with E-state index in [0.717, 1.165) is 11.1 Å². The van der Waals surface area contributed by atoms with Gasteiger partial charge in [-0.1, -0.05) is 72.5 Å². The van der Waals surface area contributed by atoms with Crippen LogP contribution in [0.2, 0.25) is 0 Å². The molecule has 0 bridgehead atoms. The van der Waals surface area contributed by atoms with E-state index in [4.69, 9.17) is 0 Å². The molecule has 2 aromatic carbocycles. The molecule has 21 heavy (non-hydrogen) atoms. The zero-order chi connectivity index (χ0) is 15.0. The van der Waals surface area contributed by atoms with Crippen molar-refractivity contribution in [1.82, 2.24) is 0 Å². The van der Waals surface area contributed by atoms with Gasteiger partial charge in [0, 0.05) is 5.56 Å². The fraction of sp³-hybridized carbons (Fsp3) is 0.111. The van der Waals surface area contributed by atoms with Gasteiger partial charge in [0.1, 0.15) is 5.75 Å². The van der Waals surface area contributed by atoms with Crippen LogP contribution in [0.3, 0.4) is 0 Å². The minimum atomic E-state index is -3.18. The Morgan fingerprint density at radius 2 is 1.52 bits per heavy atom. The van der Waals surface area contributed by atoms with Crippen molar-refractivity contribution in [1.29, 1.82) is 0 Å².